The number of aldehydes is 1. The highest BCUT2D eigenvalue weighted by molar-refractivity contribution is 6.01. The molecule has 2 aliphatic rings. The Morgan fingerprint density at radius 1 is 1.28 bits per heavy atom. The number of benzene rings is 1. The van der Waals surface area contributed by atoms with Gasteiger partial charge in [-0.3, -0.25) is 14.4 Å². The van der Waals surface area contributed by atoms with Gasteiger partial charge in [0.1, 0.15) is 0 Å². The Labute approximate surface area is 186 Å². The summed E-state index contributed by atoms with van der Waals surface area (Å²) in [6.45, 7) is 4.48. The number of aromatic amines is 1. The zero-order valence-corrected chi connectivity index (χ0v) is 18.2. The molecule has 1 aromatic heterocycles. The summed E-state index contributed by atoms with van der Waals surface area (Å²) in [5, 5.41) is 4.90. The van der Waals surface area contributed by atoms with Crippen LogP contribution in [0.15, 0.2) is 30.3 Å². The normalized spacial score (nSPS) is 14.9. The molecule has 9 heteroatoms. The SMILES string of the molecule is Cc1cc(C(=O)N(C)CCOCCN2NCC=C2c2ccc3c(c2)CC(=O)N3)c(C=O)[nH]1. The van der Waals surface area contributed by atoms with Gasteiger partial charge in [-0.15, -0.1) is 0 Å². The van der Waals surface area contributed by atoms with E-state index in [9.17, 15) is 14.4 Å². The average molecular weight is 438 g/mol. The highest BCUT2D eigenvalue weighted by Gasteiger charge is 2.22. The van der Waals surface area contributed by atoms with E-state index >= 15 is 0 Å². The van der Waals surface area contributed by atoms with E-state index in [1.807, 2.05) is 17.1 Å². The first-order valence-electron chi connectivity index (χ1n) is 10.6. The lowest BCUT2D eigenvalue weighted by molar-refractivity contribution is -0.115. The molecule has 9 nitrogen and oxygen atoms in total. The number of nitrogens with one attached hydrogen (secondary N) is 3. The third-order valence-corrected chi connectivity index (χ3v) is 5.60. The molecule has 0 saturated carbocycles. The molecule has 4 rings (SSSR count). The van der Waals surface area contributed by atoms with Crippen molar-refractivity contribution in [3.8, 4) is 0 Å². The number of amides is 2. The molecular weight excluding hydrogens is 410 g/mol. The van der Waals surface area contributed by atoms with Gasteiger partial charge in [0, 0.05) is 31.5 Å². The molecule has 32 heavy (non-hydrogen) atoms. The van der Waals surface area contributed by atoms with Crippen LogP contribution in [0.5, 0.6) is 0 Å². The van der Waals surface area contributed by atoms with Gasteiger partial charge in [-0.25, -0.2) is 5.43 Å². The van der Waals surface area contributed by atoms with E-state index in [-0.39, 0.29) is 11.8 Å². The van der Waals surface area contributed by atoms with E-state index in [1.165, 1.54) is 0 Å². The number of fused-ring (bicyclic) bond motifs is 1. The van der Waals surface area contributed by atoms with Gasteiger partial charge in [0.15, 0.2) is 6.29 Å². The van der Waals surface area contributed by atoms with E-state index in [0.29, 0.717) is 50.3 Å². The highest BCUT2D eigenvalue weighted by atomic mass is 16.5. The van der Waals surface area contributed by atoms with Gasteiger partial charge in [0.2, 0.25) is 5.91 Å². The fourth-order valence-corrected chi connectivity index (χ4v) is 3.96. The van der Waals surface area contributed by atoms with Gasteiger partial charge in [0.05, 0.1) is 43.1 Å². The summed E-state index contributed by atoms with van der Waals surface area (Å²) in [5.74, 6) is -0.186. The Balaban J connectivity index is 1.24. The molecular formula is C23H27N5O4. The molecule has 0 aliphatic carbocycles. The van der Waals surface area contributed by atoms with Crippen LogP contribution in [0.25, 0.3) is 5.70 Å². The molecule has 0 saturated heterocycles. The van der Waals surface area contributed by atoms with Crippen LogP contribution in [0.3, 0.4) is 0 Å². The lowest BCUT2D eigenvalue weighted by Crippen LogP contribution is -2.35. The summed E-state index contributed by atoms with van der Waals surface area (Å²) in [6, 6.07) is 7.68. The smallest absolute Gasteiger partial charge is 0.255 e. The predicted molar refractivity (Wildman–Crippen MR) is 120 cm³/mol. The molecule has 0 fully saturated rings. The molecule has 0 radical (unpaired) electrons. The fraction of sp³-hybridized carbons (Fsp3) is 0.348. The third kappa shape index (κ3) is 4.58. The van der Waals surface area contributed by atoms with Gasteiger partial charge in [0.25, 0.3) is 5.91 Å². The summed E-state index contributed by atoms with van der Waals surface area (Å²) in [5.41, 5.74) is 8.78. The maximum Gasteiger partial charge on any atom is 0.255 e. The number of aryl methyl sites for hydroxylation is 1. The Morgan fingerprint density at radius 3 is 2.94 bits per heavy atom. The Hall–Kier alpha value is -3.43. The molecule has 1 aromatic carbocycles. The van der Waals surface area contributed by atoms with E-state index in [0.717, 1.165) is 34.8 Å². The van der Waals surface area contributed by atoms with Crippen LogP contribution in [0, 0.1) is 6.92 Å². The zero-order chi connectivity index (χ0) is 22.7. The number of anilines is 1. The second-order valence-corrected chi connectivity index (χ2v) is 7.94. The van der Waals surface area contributed by atoms with E-state index in [1.54, 1.807) is 24.9 Å². The van der Waals surface area contributed by atoms with Crippen molar-refractivity contribution in [2.45, 2.75) is 13.3 Å². The molecule has 2 amide bonds. The van der Waals surface area contributed by atoms with E-state index in [2.05, 4.69) is 27.9 Å². The van der Waals surface area contributed by atoms with Crippen molar-refractivity contribution in [2.24, 2.45) is 0 Å². The summed E-state index contributed by atoms with van der Waals surface area (Å²) in [7, 11) is 1.69. The van der Waals surface area contributed by atoms with Crippen molar-refractivity contribution in [3.05, 3.63) is 58.4 Å². The number of nitrogens with zero attached hydrogens (tertiary/aromatic N) is 2. The first-order chi connectivity index (χ1) is 15.5. The highest BCUT2D eigenvalue weighted by Crippen LogP contribution is 2.29. The quantitative estimate of drug-likeness (QED) is 0.406. The number of carbonyl (C=O) groups is 3. The molecule has 2 aliphatic heterocycles. The van der Waals surface area contributed by atoms with Crippen LogP contribution in [-0.4, -0.2) is 72.9 Å². The molecule has 168 valence electrons. The third-order valence-electron chi connectivity index (χ3n) is 5.60. The van der Waals surface area contributed by atoms with Gasteiger partial charge >= 0.3 is 0 Å². The minimum atomic E-state index is -0.212. The van der Waals surface area contributed by atoms with Crippen molar-refractivity contribution in [1.82, 2.24) is 20.3 Å². The van der Waals surface area contributed by atoms with E-state index in [4.69, 9.17) is 4.74 Å². The van der Waals surface area contributed by atoms with Crippen LogP contribution >= 0.6 is 0 Å². The molecule has 0 bridgehead atoms. The lowest BCUT2D eigenvalue weighted by Gasteiger charge is -2.23. The summed E-state index contributed by atoms with van der Waals surface area (Å²) < 4.78 is 5.75. The van der Waals surface area contributed by atoms with Crippen LogP contribution in [0.2, 0.25) is 0 Å². The van der Waals surface area contributed by atoms with Crippen LogP contribution in [0.4, 0.5) is 5.69 Å². The Morgan fingerprint density at radius 2 is 2.12 bits per heavy atom. The van der Waals surface area contributed by atoms with Crippen molar-refractivity contribution < 1.29 is 19.1 Å². The van der Waals surface area contributed by atoms with Gasteiger partial charge in [-0.05, 0) is 42.3 Å². The van der Waals surface area contributed by atoms with Crippen molar-refractivity contribution in [3.63, 3.8) is 0 Å². The number of H-pyrrole nitrogens is 1. The van der Waals surface area contributed by atoms with Crippen LogP contribution < -0.4 is 10.7 Å². The molecule has 2 aromatic rings. The topological polar surface area (TPSA) is 107 Å². The lowest BCUT2D eigenvalue weighted by atomic mass is 10.1. The zero-order valence-electron chi connectivity index (χ0n) is 18.2. The predicted octanol–water partition coefficient (Wildman–Crippen LogP) is 1.58. The second kappa shape index (κ2) is 9.37. The number of hydrogen-bond acceptors (Lipinski definition) is 6. The number of hydrogen-bond donors (Lipinski definition) is 3. The second-order valence-electron chi connectivity index (χ2n) is 7.94. The number of likely N-dealkylation sites (N-methyl/N-ethyl adjacent to an activating group) is 1. The summed E-state index contributed by atoms with van der Waals surface area (Å²) >= 11 is 0. The summed E-state index contributed by atoms with van der Waals surface area (Å²) in [4.78, 5) is 39.7. The average Bonchev–Trinajstić information content (AvgIpc) is 3.49. The number of aromatic nitrogens is 1. The minimum absolute atomic E-state index is 0.0263. The molecule has 0 unspecified atom stereocenters. The van der Waals surface area contributed by atoms with Gasteiger partial charge in [-0.2, -0.15) is 0 Å². The first-order valence-corrected chi connectivity index (χ1v) is 10.6. The molecule has 3 N–H and O–H groups in total. The molecule has 0 atom stereocenters. The van der Waals surface area contributed by atoms with Gasteiger partial charge < -0.3 is 24.9 Å². The van der Waals surface area contributed by atoms with Crippen molar-refractivity contribution in [2.75, 3.05) is 45.2 Å². The van der Waals surface area contributed by atoms with Crippen LogP contribution in [-0.2, 0) is 16.0 Å². The number of ether oxygens (including phenoxy) is 1. The Kier molecular flexibility index (Phi) is 6.38. The number of carbonyl (C=O) groups excluding carboxylic acids is 3. The number of hydrazine groups is 1. The summed E-state index contributed by atoms with van der Waals surface area (Å²) in [6.07, 6.45) is 3.19. The Bertz CT molecular complexity index is 1070. The van der Waals surface area contributed by atoms with E-state index < -0.39 is 0 Å². The fourth-order valence-electron chi connectivity index (χ4n) is 3.96. The molecule has 3 heterocycles. The number of rotatable bonds is 9. The standard InChI is InChI=1S/C23H27N5O4/c1-15-11-18(20(14-29)25-15)23(31)27(2)7-9-32-10-8-28-21(5-6-24-28)16-3-4-19-17(12-16)13-22(30)26-19/h3-5,11-12,14,24-25H,6-10,13H2,1-2H3,(H,26,30). The monoisotopic (exact) mass is 437 g/mol. The molecule has 0 spiro atoms. The minimum Gasteiger partial charge on any atom is -0.378 e. The largest absolute Gasteiger partial charge is 0.378 e. The van der Waals surface area contributed by atoms with Crippen molar-refractivity contribution >= 4 is 29.5 Å². The maximum atomic E-state index is 12.6. The van der Waals surface area contributed by atoms with Gasteiger partial charge in [-0.1, -0.05) is 6.07 Å². The maximum absolute atomic E-state index is 12.6. The van der Waals surface area contributed by atoms with Crippen LogP contribution in [0.1, 0.15) is 37.7 Å². The first kappa shape index (κ1) is 21.8. The van der Waals surface area contributed by atoms with Crippen molar-refractivity contribution in [1.29, 1.82) is 0 Å².